The first-order valence-corrected chi connectivity index (χ1v) is 11.5. The minimum Gasteiger partial charge on any atom is -0.384 e. The summed E-state index contributed by atoms with van der Waals surface area (Å²) in [7, 11) is -4.25. The third kappa shape index (κ3) is 4.78. The molecular formula is C20H19F5N4O3S. The molecule has 1 aromatic carbocycles. The van der Waals surface area contributed by atoms with Crippen LogP contribution in [0.3, 0.4) is 0 Å². The van der Waals surface area contributed by atoms with Gasteiger partial charge in [0.25, 0.3) is 0 Å². The second-order valence-corrected chi connectivity index (χ2v) is 9.55. The Bertz CT molecular complexity index is 1190. The van der Waals surface area contributed by atoms with Gasteiger partial charge in [0, 0.05) is 30.4 Å². The van der Waals surface area contributed by atoms with E-state index < -0.39 is 57.4 Å². The van der Waals surface area contributed by atoms with E-state index in [4.69, 9.17) is 4.84 Å². The fourth-order valence-corrected chi connectivity index (χ4v) is 4.63. The molecule has 0 amide bonds. The van der Waals surface area contributed by atoms with Crippen molar-refractivity contribution >= 4 is 15.9 Å². The molecular weight excluding hydrogens is 471 g/mol. The summed E-state index contributed by atoms with van der Waals surface area (Å²) >= 11 is 0. The lowest BCUT2D eigenvalue weighted by atomic mass is 9.97. The molecule has 2 aliphatic heterocycles. The van der Waals surface area contributed by atoms with Gasteiger partial charge in [-0.05, 0) is 18.6 Å². The van der Waals surface area contributed by atoms with E-state index in [1.54, 1.807) is 6.92 Å². The van der Waals surface area contributed by atoms with Gasteiger partial charge in [-0.1, -0.05) is 5.16 Å². The summed E-state index contributed by atoms with van der Waals surface area (Å²) < 4.78 is 94.0. The quantitative estimate of drug-likeness (QED) is 0.652. The SMILES string of the molecule is Cc1cnc([C@@H]2CC(N3C[C@H](F)[C@H](NS(=O)(=O)CF)C3)=NO2)c(-c2c(F)cc(F)cc2F)c1. The average molecular weight is 490 g/mol. The fourth-order valence-electron chi connectivity index (χ4n) is 3.88. The summed E-state index contributed by atoms with van der Waals surface area (Å²) in [6.07, 6.45) is -0.958. The molecule has 0 unspecified atom stereocenters. The van der Waals surface area contributed by atoms with Crippen LogP contribution in [-0.4, -0.2) is 55.4 Å². The largest absolute Gasteiger partial charge is 0.384 e. The maximum Gasteiger partial charge on any atom is 0.241 e. The molecule has 0 bridgehead atoms. The number of halogens is 5. The van der Waals surface area contributed by atoms with Gasteiger partial charge in [0.05, 0.1) is 30.3 Å². The molecule has 1 aromatic heterocycles. The Morgan fingerprint density at radius 3 is 2.55 bits per heavy atom. The average Bonchev–Trinajstić information content (AvgIpc) is 3.34. The minimum atomic E-state index is -4.25. The summed E-state index contributed by atoms with van der Waals surface area (Å²) in [5.74, 6) is -3.00. The number of amidine groups is 1. The highest BCUT2D eigenvalue weighted by atomic mass is 32.2. The van der Waals surface area contributed by atoms with Gasteiger partial charge in [-0.25, -0.2) is 35.1 Å². The van der Waals surface area contributed by atoms with Crippen molar-refractivity contribution in [2.24, 2.45) is 5.16 Å². The number of oxime groups is 1. The number of sulfonamides is 1. The monoisotopic (exact) mass is 490 g/mol. The van der Waals surface area contributed by atoms with Crippen LogP contribution < -0.4 is 4.72 Å². The van der Waals surface area contributed by atoms with Crippen molar-refractivity contribution in [3.8, 4) is 11.1 Å². The van der Waals surface area contributed by atoms with E-state index in [1.165, 1.54) is 17.2 Å². The molecule has 1 saturated heterocycles. The number of aryl methyl sites for hydroxylation is 1. The molecule has 0 saturated carbocycles. The Kier molecular flexibility index (Phi) is 6.27. The number of alkyl halides is 2. The lowest BCUT2D eigenvalue weighted by Crippen LogP contribution is -2.42. The number of likely N-dealkylation sites (tertiary alicyclic amines) is 1. The number of pyridine rings is 1. The third-order valence-electron chi connectivity index (χ3n) is 5.38. The van der Waals surface area contributed by atoms with Crippen molar-refractivity contribution in [3.05, 3.63) is 53.1 Å². The van der Waals surface area contributed by atoms with Crippen LogP contribution in [-0.2, 0) is 14.9 Å². The van der Waals surface area contributed by atoms with Crippen LogP contribution >= 0.6 is 0 Å². The van der Waals surface area contributed by atoms with Crippen molar-refractivity contribution in [3.63, 3.8) is 0 Å². The molecule has 2 aromatic rings. The summed E-state index contributed by atoms with van der Waals surface area (Å²) in [5.41, 5.74) is 0.336. The Hall–Kier alpha value is -2.80. The highest BCUT2D eigenvalue weighted by Gasteiger charge is 2.40. The van der Waals surface area contributed by atoms with Gasteiger partial charge in [-0.15, -0.1) is 0 Å². The van der Waals surface area contributed by atoms with Gasteiger partial charge in [0.15, 0.2) is 6.10 Å². The van der Waals surface area contributed by atoms with E-state index in [9.17, 15) is 30.4 Å². The first-order valence-electron chi connectivity index (χ1n) is 9.87. The Balaban J connectivity index is 1.56. The second kappa shape index (κ2) is 8.86. The minimum absolute atomic E-state index is 0.0583. The lowest BCUT2D eigenvalue weighted by Gasteiger charge is -2.18. The summed E-state index contributed by atoms with van der Waals surface area (Å²) in [6.45, 7) is 1.36. The Morgan fingerprint density at radius 1 is 1.18 bits per heavy atom. The molecule has 178 valence electrons. The molecule has 3 heterocycles. The molecule has 13 heteroatoms. The van der Waals surface area contributed by atoms with Crippen LogP contribution in [0.1, 0.15) is 23.8 Å². The molecule has 1 fully saturated rings. The predicted molar refractivity (Wildman–Crippen MR) is 108 cm³/mol. The van der Waals surface area contributed by atoms with Gasteiger partial charge in [-0.3, -0.25) is 4.98 Å². The van der Waals surface area contributed by atoms with Crippen molar-refractivity contribution in [1.82, 2.24) is 14.6 Å². The predicted octanol–water partition coefficient (Wildman–Crippen LogP) is 3.12. The topological polar surface area (TPSA) is 83.9 Å². The van der Waals surface area contributed by atoms with E-state index in [-0.39, 0.29) is 36.6 Å². The van der Waals surface area contributed by atoms with E-state index in [1.807, 2.05) is 4.72 Å². The maximum absolute atomic E-state index is 14.5. The van der Waals surface area contributed by atoms with Crippen molar-refractivity contribution < 1.29 is 35.2 Å². The van der Waals surface area contributed by atoms with Crippen LogP contribution in [0.5, 0.6) is 0 Å². The molecule has 0 radical (unpaired) electrons. The number of rotatable bonds is 5. The molecule has 1 N–H and O–H groups in total. The maximum atomic E-state index is 14.5. The van der Waals surface area contributed by atoms with E-state index in [0.29, 0.717) is 17.7 Å². The standard InChI is InChI=1S/C20H19F5N4O3S/c1-10-2-12(19-13(23)3-11(22)4-14(19)24)20(26-6-10)17-5-18(27-32-17)29-7-15(25)16(8-29)28-33(30,31)9-21/h2-4,6,15-17,28H,5,7-9H2,1H3/t15-,16+,17-/m0/s1. The van der Waals surface area contributed by atoms with Crippen LogP contribution in [0.25, 0.3) is 11.1 Å². The van der Waals surface area contributed by atoms with Crippen molar-refractivity contribution in [2.45, 2.75) is 31.7 Å². The number of nitrogens with zero attached hydrogens (tertiary/aromatic N) is 3. The van der Waals surface area contributed by atoms with E-state index in [2.05, 4.69) is 10.1 Å². The Labute approximate surface area is 186 Å². The van der Waals surface area contributed by atoms with Gasteiger partial charge < -0.3 is 9.74 Å². The van der Waals surface area contributed by atoms with Gasteiger partial charge >= 0.3 is 0 Å². The number of aromatic nitrogens is 1. The molecule has 0 spiro atoms. The second-order valence-electron chi connectivity index (χ2n) is 7.86. The molecule has 0 aliphatic carbocycles. The third-order valence-corrected chi connectivity index (χ3v) is 6.33. The summed E-state index contributed by atoms with van der Waals surface area (Å²) in [6, 6.07) is -0.222. The smallest absolute Gasteiger partial charge is 0.241 e. The molecule has 3 atom stereocenters. The highest BCUT2D eigenvalue weighted by Crippen LogP contribution is 2.37. The lowest BCUT2D eigenvalue weighted by molar-refractivity contribution is 0.0828. The normalized spacial score (nSPS) is 23.0. The number of nitrogens with one attached hydrogen (secondary N) is 1. The number of hydrogen-bond donors (Lipinski definition) is 1. The summed E-state index contributed by atoms with van der Waals surface area (Å²) in [5, 5.41) is 3.91. The fraction of sp³-hybridized carbons (Fsp3) is 0.400. The van der Waals surface area contributed by atoms with Crippen LogP contribution in [0, 0.1) is 24.4 Å². The van der Waals surface area contributed by atoms with Gasteiger partial charge in [-0.2, -0.15) is 0 Å². The number of hydrogen-bond acceptors (Lipinski definition) is 6. The zero-order valence-corrected chi connectivity index (χ0v) is 18.1. The molecule has 4 rings (SSSR count). The number of benzene rings is 1. The molecule has 33 heavy (non-hydrogen) atoms. The first kappa shape index (κ1) is 23.4. The van der Waals surface area contributed by atoms with Crippen molar-refractivity contribution in [1.29, 1.82) is 0 Å². The molecule has 7 nitrogen and oxygen atoms in total. The highest BCUT2D eigenvalue weighted by molar-refractivity contribution is 7.89. The summed E-state index contributed by atoms with van der Waals surface area (Å²) in [4.78, 5) is 11.1. The Morgan fingerprint density at radius 2 is 1.88 bits per heavy atom. The van der Waals surface area contributed by atoms with Crippen LogP contribution in [0.15, 0.2) is 29.6 Å². The van der Waals surface area contributed by atoms with Gasteiger partial charge in [0.2, 0.25) is 16.0 Å². The zero-order valence-electron chi connectivity index (χ0n) is 17.2. The van der Waals surface area contributed by atoms with E-state index in [0.717, 1.165) is 0 Å². The van der Waals surface area contributed by atoms with Crippen molar-refractivity contribution in [2.75, 3.05) is 19.1 Å². The first-order chi connectivity index (χ1) is 15.6. The van der Waals surface area contributed by atoms with E-state index >= 15 is 0 Å². The zero-order chi connectivity index (χ0) is 23.9. The van der Waals surface area contributed by atoms with Crippen LogP contribution in [0.4, 0.5) is 22.0 Å². The molecule has 2 aliphatic rings. The van der Waals surface area contributed by atoms with Crippen LogP contribution in [0.2, 0.25) is 0 Å². The van der Waals surface area contributed by atoms with Gasteiger partial charge in [0.1, 0.15) is 29.5 Å².